The summed E-state index contributed by atoms with van der Waals surface area (Å²) in [7, 11) is -2.42. The van der Waals surface area contributed by atoms with Crippen molar-refractivity contribution in [2.24, 2.45) is 0 Å². The van der Waals surface area contributed by atoms with Crippen LogP contribution in [0.25, 0.3) is 0 Å². The fourth-order valence-electron chi connectivity index (χ4n) is 1.25. The third-order valence-electron chi connectivity index (χ3n) is 2.08. The van der Waals surface area contributed by atoms with Crippen molar-refractivity contribution in [3.05, 3.63) is 28.2 Å². The number of ether oxygens (including phenoxy) is 1. The predicted molar refractivity (Wildman–Crippen MR) is 73.5 cm³/mol. The molecule has 19 heavy (non-hydrogen) atoms. The number of methoxy groups -OCH3 is 1. The van der Waals surface area contributed by atoms with Crippen LogP contribution in [-0.4, -0.2) is 39.8 Å². The number of hydrogen-bond donors (Lipinski definition) is 3. The molecule has 3 N–H and O–H groups in total. The van der Waals surface area contributed by atoms with Crippen LogP contribution in [0.5, 0.6) is 0 Å². The van der Waals surface area contributed by atoms with Crippen LogP contribution < -0.4 is 9.44 Å². The highest BCUT2D eigenvalue weighted by Gasteiger charge is 2.18. The average Bonchev–Trinajstić information content (AvgIpc) is 2.31. The van der Waals surface area contributed by atoms with Gasteiger partial charge in [-0.3, -0.25) is 4.72 Å². The van der Waals surface area contributed by atoms with Gasteiger partial charge in [-0.1, -0.05) is 6.07 Å². The number of nitrogens with one attached hydrogen (secondary N) is 2. The van der Waals surface area contributed by atoms with E-state index in [1.807, 2.05) is 0 Å². The summed E-state index contributed by atoms with van der Waals surface area (Å²) in [6.45, 7) is 0.293. The molecule has 1 aromatic carbocycles. The van der Waals surface area contributed by atoms with Gasteiger partial charge in [0.2, 0.25) is 0 Å². The van der Waals surface area contributed by atoms with Gasteiger partial charge in [0, 0.05) is 18.1 Å². The monoisotopic (exact) mass is 352 g/mol. The summed E-state index contributed by atoms with van der Waals surface area (Å²) in [5.74, 6) is -1.23. The fourth-order valence-corrected chi connectivity index (χ4v) is 2.76. The number of halogens is 1. The Bertz CT molecular complexity index is 561. The Morgan fingerprint density at radius 1 is 1.47 bits per heavy atom. The number of para-hydroxylation sites is 1. The van der Waals surface area contributed by atoms with Crippen molar-refractivity contribution >= 4 is 37.8 Å². The van der Waals surface area contributed by atoms with Gasteiger partial charge in [0.05, 0.1) is 17.9 Å². The molecule has 0 radical (unpaired) electrons. The fraction of sp³-hybridized carbons (Fsp3) is 0.300. The van der Waals surface area contributed by atoms with E-state index in [0.29, 0.717) is 4.47 Å². The van der Waals surface area contributed by atoms with E-state index in [1.54, 1.807) is 6.07 Å². The average molecular weight is 353 g/mol. The molecule has 0 unspecified atom stereocenters. The third-order valence-corrected chi connectivity index (χ3v) is 3.80. The molecule has 0 saturated carbocycles. The van der Waals surface area contributed by atoms with Crippen molar-refractivity contribution in [2.75, 3.05) is 25.0 Å². The van der Waals surface area contributed by atoms with Crippen LogP contribution in [0, 0.1) is 0 Å². The van der Waals surface area contributed by atoms with Gasteiger partial charge in [-0.05, 0) is 28.1 Å². The third kappa shape index (κ3) is 4.78. The summed E-state index contributed by atoms with van der Waals surface area (Å²) in [5, 5.41) is 9.01. The van der Waals surface area contributed by atoms with E-state index < -0.39 is 16.2 Å². The van der Waals surface area contributed by atoms with Gasteiger partial charge in [0.25, 0.3) is 10.2 Å². The van der Waals surface area contributed by atoms with E-state index in [0.717, 1.165) is 0 Å². The standard InChI is InChI=1S/C10H13BrN2O5S/c1-18-6-5-12-19(16,17)13-9-7(10(14)15)3-2-4-8(9)11/h2-4,12-13H,5-6H2,1H3,(H,14,15). The first-order valence-electron chi connectivity index (χ1n) is 5.15. The predicted octanol–water partition coefficient (Wildman–Crippen LogP) is 1.04. The normalized spacial score (nSPS) is 11.3. The van der Waals surface area contributed by atoms with E-state index in [4.69, 9.17) is 9.84 Å². The zero-order valence-electron chi connectivity index (χ0n) is 10.0. The summed E-state index contributed by atoms with van der Waals surface area (Å²) in [6, 6.07) is 4.35. The van der Waals surface area contributed by atoms with Crippen LogP contribution in [0.4, 0.5) is 5.69 Å². The number of hydrogen-bond acceptors (Lipinski definition) is 4. The number of carboxylic acid groups (broad SMARTS) is 1. The SMILES string of the molecule is COCCNS(=O)(=O)Nc1c(Br)cccc1C(=O)O. The minimum atomic E-state index is -3.86. The number of carbonyl (C=O) groups is 1. The molecular weight excluding hydrogens is 340 g/mol. The van der Waals surface area contributed by atoms with Crippen molar-refractivity contribution in [2.45, 2.75) is 0 Å². The molecule has 0 spiro atoms. The first-order chi connectivity index (χ1) is 8.87. The molecule has 106 valence electrons. The summed E-state index contributed by atoms with van der Waals surface area (Å²) >= 11 is 3.11. The molecule has 0 saturated heterocycles. The van der Waals surface area contributed by atoms with Crippen LogP contribution in [0.15, 0.2) is 22.7 Å². The number of carboxylic acids is 1. The largest absolute Gasteiger partial charge is 0.478 e. The molecule has 1 aromatic rings. The Balaban J connectivity index is 2.95. The number of rotatable bonds is 7. The lowest BCUT2D eigenvalue weighted by atomic mass is 10.2. The molecule has 0 atom stereocenters. The number of aromatic carboxylic acids is 1. The summed E-state index contributed by atoms with van der Waals surface area (Å²) < 4.78 is 32.9. The summed E-state index contributed by atoms with van der Waals surface area (Å²) in [5.41, 5.74) is -0.175. The van der Waals surface area contributed by atoms with Crippen molar-refractivity contribution in [3.63, 3.8) is 0 Å². The van der Waals surface area contributed by atoms with E-state index >= 15 is 0 Å². The Kier molecular flexibility index (Phi) is 5.73. The van der Waals surface area contributed by atoms with E-state index in [2.05, 4.69) is 25.4 Å². The second kappa shape index (κ2) is 6.85. The van der Waals surface area contributed by atoms with Gasteiger partial charge in [-0.25, -0.2) is 4.79 Å². The Hall–Kier alpha value is -1.16. The van der Waals surface area contributed by atoms with Gasteiger partial charge >= 0.3 is 5.97 Å². The second-order valence-corrected chi connectivity index (χ2v) is 5.81. The van der Waals surface area contributed by atoms with Gasteiger partial charge in [0.15, 0.2) is 0 Å². The Morgan fingerprint density at radius 3 is 2.74 bits per heavy atom. The first kappa shape index (κ1) is 15.9. The quantitative estimate of drug-likeness (QED) is 0.636. The highest BCUT2D eigenvalue weighted by Crippen LogP contribution is 2.27. The lowest BCUT2D eigenvalue weighted by Gasteiger charge is -2.12. The molecular formula is C10H13BrN2O5S. The topological polar surface area (TPSA) is 105 Å². The van der Waals surface area contributed by atoms with E-state index in [1.165, 1.54) is 19.2 Å². The second-order valence-electron chi connectivity index (χ2n) is 3.46. The minimum absolute atomic E-state index is 0.0279. The zero-order chi connectivity index (χ0) is 14.5. The molecule has 0 aliphatic rings. The molecule has 0 heterocycles. The minimum Gasteiger partial charge on any atom is -0.478 e. The smallest absolute Gasteiger partial charge is 0.337 e. The Labute approximate surface area is 119 Å². The van der Waals surface area contributed by atoms with Crippen molar-refractivity contribution in [3.8, 4) is 0 Å². The molecule has 0 bridgehead atoms. The number of benzene rings is 1. The van der Waals surface area contributed by atoms with Gasteiger partial charge in [-0.15, -0.1) is 0 Å². The summed E-state index contributed by atoms with van der Waals surface area (Å²) in [4.78, 5) is 11.0. The van der Waals surface area contributed by atoms with Gasteiger partial charge < -0.3 is 9.84 Å². The molecule has 9 heteroatoms. The molecule has 0 aliphatic carbocycles. The highest BCUT2D eigenvalue weighted by molar-refractivity contribution is 9.10. The molecule has 0 aromatic heterocycles. The first-order valence-corrected chi connectivity index (χ1v) is 7.43. The van der Waals surface area contributed by atoms with E-state index in [9.17, 15) is 13.2 Å². The molecule has 0 amide bonds. The molecule has 0 aliphatic heterocycles. The van der Waals surface area contributed by atoms with Gasteiger partial charge in [-0.2, -0.15) is 13.1 Å². The van der Waals surface area contributed by atoms with Crippen LogP contribution in [0.3, 0.4) is 0 Å². The summed E-state index contributed by atoms with van der Waals surface area (Å²) in [6.07, 6.45) is 0. The maximum absolute atomic E-state index is 11.7. The zero-order valence-corrected chi connectivity index (χ0v) is 12.4. The lowest BCUT2D eigenvalue weighted by Crippen LogP contribution is -2.33. The maximum Gasteiger partial charge on any atom is 0.337 e. The van der Waals surface area contributed by atoms with Crippen LogP contribution in [-0.2, 0) is 14.9 Å². The Morgan fingerprint density at radius 2 is 2.16 bits per heavy atom. The van der Waals surface area contributed by atoms with Crippen molar-refractivity contribution in [1.29, 1.82) is 0 Å². The van der Waals surface area contributed by atoms with Crippen molar-refractivity contribution in [1.82, 2.24) is 4.72 Å². The maximum atomic E-state index is 11.7. The molecule has 1 rings (SSSR count). The highest BCUT2D eigenvalue weighted by atomic mass is 79.9. The molecule has 7 nitrogen and oxygen atoms in total. The van der Waals surface area contributed by atoms with Crippen LogP contribution in [0.2, 0.25) is 0 Å². The van der Waals surface area contributed by atoms with Gasteiger partial charge in [0.1, 0.15) is 0 Å². The van der Waals surface area contributed by atoms with Crippen molar-refractivity contribution < 1.29 is 23.1 Å². The number of anilines is 1. The van der Waals surface area contributed by atoms with E-state index in [-0.39, 0.29) is 24.4 Å². The lowest BCUT2D eigenvalue weighted by molar-refractivity contribution is 0.0698. The molecule has 0 fully saturated rings. The van der Waals surface area contributed by atoms with Crippen LogP contribution >= 0.6 is 15.9 Å². The van der Waals surface area contributed by atoms with Crippen LogP contribution in [0.1, 0.15) is 10.4 Å².